The molecule has 2 aliphatic rings. The highest BCUT2D eigenvalue weighted by Gasteiger charge is 2.34. The number of halogens is 3. The Balaban J connectivity index is 1.45. The monoisotopic (exact) mass is 615 g/mol. The summed E-state index contributed by atoms with van der Waals surface area (Å²) in [5.41, 5.74) is 1.69. The van der Waals surface area contributed by atoms with Crippen LogP contribution in [0.1, 0.15) is 18.4 Å². The molecule has 4 aromatic rings. The van der Waals surface area contributed by atoms with E-state index in [-0.39, 0.29) is 55.9 Å². The second-order valence-electron chi connectivity index (χ2n) is 11.6. The predicted molar refractivity (Wildman–Crippen MR) is 165 cm³/mol. The number of likely N-dealkylation sites (N-methyl/N-ethyl adjacent to an activating group) is 1. The van der Waals surface area contributed by atoms with Crippen LogP contribution in [0, 0.1) is 24.1 Å². The maximum Gasteiger partial charge on any atom is 0.319 e. The van der Waals surface area contributed by atoms with Crippen LogP contribution in [-0.2, 0) is 4.79 Å². The number of hydrogen-bond donors (Lipinski definition) is 0. The SMILES string of the molecule is C=C(F)C(=O)N1CCN(c2nc(OC[C@@H]3C[C@@H](F)CN3C)nc3c(F)c(-c4cccc5cccc(C)c45)ncc23)C[C@@H]1CC#N. The number of amides is 1. The number of carbonyl (C=O) groups is 1. The number of aromatic nitrogens is 3. The summed E-state index contributed by atoms with van der Waals surface area (Å²) in [6.07, 6.45) is 0.787. The Kier molecular flexibility index (Phi) is 8.29. The molecule has 0 unspecified atom stereocenters. The zero-order valence-electron chi connectivity index (χ0n) is 25.0. The molecule has 1 amide bonds. The summed E-state index contributed by atoms with van der Waals surface area (Å²) in [7, 11) is 1.81. The van der Waals surface area contributed by atoms with Crippen molar-refractivity contribution in [3.63, 3.8) is 0 Å². The normalized spacial score (nSPS) is 20.5. The average Bonchev–Trinajstić information content (AvgIpc) is 3.36. The van der Waals surface area contributed by atoms with Crippen LogP contribution in [0.5, 0.6) is 6.01 Å². The van der Waals surface area contributed by atoms with E-state index in [1.807, 2.05) is 55.3 Å². The van der Waals surface area contributed by atoms with E-state index in [1.54, 1.807) is 4.90 Å². The molecule has 232 valence electrons. The van der Waals surface area contributed by atoms with Gasteiger partial charge in [-0.05, 0) is 36.7 Å². The summed E-state index contributed by atoms with van der Waals surface area (Å²) in [6.45, 7) is 5.89. The molecule has 2 saturated heterocycles. The van der Waals surface area contributed by atoms with E-state index in [0.29, 0.717) is 29.7 Å². The van der Waals surface area contributed by atoms with E-state index in [1.165, 1.54) is 11.1 Å². The first kappa shape index (κ1) is 30.3. The predicted octanol–water partition coefficient (Wildman–Crippen LogP) is 5.13. The van der Waals surface area contributed by atoms with Gasteiger partial charge in [0.25, 0.3) is 5.91 Å². The van der Waals surface area contributed by atoms with E-state index in [9.17, 15) is 18.8 Å². The lowest BCUT2D eigenvalue weighted by molar-refractivity contribution is -0.131. The average molecular weight is 616 g/mol. The first-order valence-electron chi connectivity index (χ1n) is 14.8. The molecule has 2 fully saturated rings. The van der Waals surface area contributed by atoms with E-state index in [2.05, 4.69) is 27.6 Å². The van der Waals surface area contributed by atoms with Crippen LogP contribution >= 0.6 is 0 Å². The Bertz CT molecular complexity index is 1840. The van der Waals surface area contributed by atoms with Crippen molar-refractivity contribution in [1.82, 2.24) is 24.8 Å². The zero-order chi connectivity index (χ0) is 31.8. The fourth-order valence-electron chi connectivity index (χ4n) is 6.37. The van der Waals surface area contributed by atoms with Gasteiger partial charge in [-0.1, -0.05) is 43.0 Å². The number of benzene rings is 2. The molecule has 0 aliphatic carbocycles. The number of pyridine rings is 1. The number of anilines is 1. The fourth-order valence-corrected chi connectivity index (χ4v) is 6.37. The lowest BCUT2D eigenvalue weighted by Crippen LogP contribution is -2.55. The summed E-state index contributed by atoms with van der Waals surface area (Å²) in [6, 6.07) is 12.6. The summed E-state index contributed by atoms with van der Waals surface area (Å²) in [5.74, 6) is -2.33. The number of aryl methyl sites for hydroxylation is 1. The van der Waals surface area contributed by atoms with Gasteiger partial charge in [-0.25, -0.2) is 13.2 Å². The van der Waals surface area contributed by atoms with E-state index in [0.717, 1.165) is 16.3 Å². The van der Waals surface area contributed by atoms with Gasteiger partial charge in [0.1, 0.15) is 29.8 Å². The summed E-state index contributed by atoms with van der Waals surface area (Å²) >= 11 is 0. The molecule has 4 heterocycles. The van der Waals surface area contributed by atoms with Gasteiger partial charge in [-0.3, -0.25) is 14.7 Å². The Labute approximate surface area is 258 Å². The third-order valence-corrected chi connectivity index (χ3v) is 8.66. The molecule has 12 heteroatoms. The van der Waals surface area contributed by atoms with E-state index >= 15 is 4.39 Å². The van der Waals surface area contributed by atoms with Gasteiger partial charge in [-0.2, -0.15) is 15.2 Å². The van der Waals surface area contributed by atoms with Crippen LogP contribution in [-0.4, -0.2) is 88.7 Å². The molecule has 2 aromatic heterocycles. The van der Waals surface area contributed by atoms with Crippen molar-refractivity contribution in [3.05, 3.63) is 66.4 Å². The van der Waals surface area contributed by atoms with Crippen molar-refractivity contribution >= 4 is 33.4 Å². The molecular weight excluding hydrogens is 583 g/mol. The van der Waals surface area contributed by atoms with Gasteiger partial charge >= 0.3 is 6.01 Å². The third-order valence-electron chi connectivity index (χ3n) is 8.66. The zero-order valence-corrected chi connectivity index (χ0v) is 25.0. The third kappa shape index (κ3) is 5.76. The molecule has 2 aliphatic heterocycles. The molecule has 0 N–H and O–H groups in total. The first-order chi connectivity index (χ1) is 21.7. The number of carbonyl (C=O) groups excluding carboxylic acids is 1. The summed E-state index contributed by atoms with van der Waals surface area (Å²) < 4.78 is 50.4. The molecule has 2 aromatic carbocycles. The number of rotatable bonds is 7. The van der Waals surface area contributed by atoms with Gasteiger partial charge in [-0.15, -0.1) is 0 Å². The highest BCUT2D eigenvalue weighted by molar-refractivity contribution is 6.00. The number of hydrogen-bond acceptors (Lipinski definition) is 8. The van der Waals surface area contributed by atoms with Crippen molar-refractivity contribution in [3.8, 4) is 23.3 Å². The molecular formula is C33H32F3N7O2. The summed E-state index contributed by atoms with van der Waals surface area (Å²) in [5, 5.41) is 11.6. The number of nitriles is 1. The van der Waals surface area contributed by atoms with E-state index < -0.39 is 29.8 Å². The number of piperazine rings is 1. The Hall–Kier alpha value is -4.76. The highest BCUT2D eigenvalue weighted by Crippen LogP contribution is 2.36. The van der Waals surface area contributed by atoms with Crippen LogP contribution < -0.4 is 9.64 Å². The van der Waals surface area contributed by atoms with Crippen molar-refractivity contribution in [2.75, 3.05) is 44.7 Å². The van der Waals surface area contributed by atoms with Gasteiger partial charge in [0.05, 0.1) is 23.9 Å². The summed E-state index contributed by atoms with van der Waals surface area (Å²) in [4.78, 5) is 31.1. The van der Waals surface area contributed by atoms with Gasteiger partial charge in [0, 0.05) is 44.0 Å². The number of ether oxygens (including phenoxy) is 1. The minimum atomic E-state index is -1.11. The largest absolute Gasteiger partial charge is 0.462 e. The second kappa shape index (κ2) is 12.3. The minimum absolute atomic E-state index is 0.0128. The Morgan fingerprint density at radius 2 is 1.93 bits per heavy atom. The minimum Gasteiger partial charge on any atom is -0.462 e. The lowest BCUT2D eigenvalue weighted by Gasteiger charge is -2.41. The Morgan fingerprint density at radius 1 is 1.16 bits per heavy atom. The first-order valence-corrected chi connectivity index (χ1v) is 14.8. The number of nitrogens with zero attached hydrogens (tertiary/aromatic N) is 7. The van der Waals surface area contributed by atoms with Gasteiger partial charge in [0.15, 0.2) is 11.6 Å². The molecule has 0 bridgehead atoms. The smallest absolute Gasteiger partial charge is 0.319 e. The van der Waals surface area contributed by atoms with Crippen molar-refractivity contribution < 1.29 is 22.7 Å². The molecule has 3 atom stereocenters. The molecule has 0 saturated carbocycles. The lowest BCUT2D eigenvalue weighted by atomic mass is 9.97. The number of likely N-dealkylation sites (tertiary alicyclic amines) is 1. The van der Waals surface area contributed by atoms with Gasteiger partial charge < -0.3 is 14.5 Å². The van der Waals surface area contributed by atoms with Crippen LogP contribution in [0.15, 0.2) is 55.0 Å². The van der Waals surface area contributed by atoms with Crippen molar-refractivity contribution in [2.24, 2.45) is 0 Å². The Morgan fingerprint density at radius 3 is 2.64 bits per heavy atom. The van der Waals surface area contributed by atoms with Crippen molar-refractivity contribution in [2.45, 2.75) is 38.0 Å². The number of alkyl halides is 1. The maximum absolute atomic E-state index is 16.6. The second-order valence-corrected chi connectivity index (χ2v) is 11.6. The van der Waals surface area contributed by atoms with Crippen LogP contribution in [0.3, 0.4) is 0 Å². The van der Waals surface area contributed by atoms with Crippen molar-refractivity contribution in [1.29, 1.82) is 5.26 Å². The van der Waals surface area contributed by atoms with Crippen LogP contribution in [0.4, 0.5) is 19.0 Å². The maximum atomic E-state index is 16.6. The van der Waals surface area contributed by atoms with Crippen LogP contribution in [0.25, 0.3) is 32.9 Å². The molecule has 45 heavy (non-hydrogen) atoms. The van der Waals surface area contributed by atoms with Crippen LogP contribution in [0.2, 0.25) is 0 Å². The molecule has 9 nitrogen and oxygen atoms in total. The standard InChI is InChI=1S/C33H32F3N7O2/c1-19-6-4-7-21-8-5-9-25(27(19)21)29-28(36)30-26(15-38-29)31(40-33(39-30)45-18-24-14-22(35)16-41(24)3)42-12-13-43(32(44)20(2)34)23(17-42)10-11-37/h4-9,15,22-24H,2,10,12-14,16-18H2,1,3H3/t22-,23+,24+/m1/s1. The highest BCUT2D eigenvalue weighted by atomic mass is 19.1. The molecule has 0 spiro atoms. The quantitative estimate of drug-likeness (QED) is 0.264. The fraction of sp³-hybridized carbons (Fsp3) is 0.364. The molecule has 0 radical (unpaired) electrons. The van der Waals surface area contributed by atoms with E-state index in [4.69, 9.17) is 4.74 Å². The number of fused-ring (bicyclic) bond motifs is 2. The topological polar surface area (TPSA) is 98.5 Å². The van der Waals surface area contributed by atoms with Gasteiger partial charge in [0.2, 0.25) is 0 Å². The molecule has 6 rings (SSSR count).